The maximum atomic E-state index is 11.1. The SMILES string of the molecule is NC(=O)c1ccc(CN2CC[C@H]3CCCC[C@@H]3C2)cc1. The van der Waals surface area contributed by atoms with Gasteiger partial charge in [0.25, 0.3) is 0 Å². The van der Waals surface area contributed by atoms with Crippen LogP contribution in [-0.2, 0) is 6.54 Å². The van der Waals surface area contributed by atoms with Crippen molar-refractivity contribution in [3.8, 4) is 0 Å². The van der Waals surface area contributed by atoms with Crippen LogP contribution in [0.25, 0.3) is 0 Å². The molecule has 1 aromatic carbocycles. The Morgan fingerprint density at radius 1 is 1.10 bits per heavy atom. The number of likely N-dealkylation sites (tertiary alicyclic amines) is 1. The van der Waals surface area contributed by atoms with E-state index >= 15 is 0 Å². The van der Waals surface area contributed by atoms with Crippen LogP contribution in [0.5, 0.6) is 0 Å². The van der Waals surface area contributed by atoms with E-state index in [2.05, 4.69) is 4.90 Å². The van der Waals surface area contributed by atoms with Crippen molar-refractivity contribution in [2.45, 2.75) is 38.6 Å². The first-order valence-electron chi connectivity index (χ1n) is 7.83. The molecule has 2 aliphatic rings. The number of primary amides is 1. The molecule has 2 atom stereocenters. The van der Waals surface area contributed by atoms with Gasteiger partial charge in [0.05, 0.1) is 0 Å². The summed E-state index contributed by atoms with van der Waals surface area (Å²) in [5.74, 6) is 1.55. The third-order valence-corrected chi connectivity index (χ3v) is 5.02. The van der Waals surface area contributed by atoms with Crippen LogP contribution in [0.1, 0.15) is 48.0 Å². The highest BCUT2D eigenvalue weighted by Crippen LogP contribution is 2.36. The highest BCUT2D eigenvalue weighted by molar-refractivity contribution is 5.92. The topological polar surface area (TPSA) is 46.3 Å². The molecule has 1 saturated carbocycles. The lowest BCUT2D eigenvalue weighted by Gasteiger charge is -2.41. The molecule has 1 heterocycles. The highest BCUT2D eigenvalue weighted by atomic mass is 16.1. The lowest BCUT2D eigenvalue weighted by atomic mass is 9.75. The summed E-state index contributed by atoms with van der Waals surface area (Å²) >= 11 is 0. The Morgan fingerprint density at radius 2 is 1.80 bits per heavy atom. The van der Waals surface area contributed by atoms with Gasteiger partial charge in [-0.1, -0.05) is 31.4 Å². The maximum absolute atomic E-state index is 11.1. The molecule has 3 rings (SSSR count). The van der Waals surface area contributed by atoms with E-state index in [-0.39, 0.29) is 5.91 Å². The number of nitrogens with zero attached hydrogens (tertiary/aromatic N) is 1. The second kappa shape index (κ2) is 5.96. The number of hydrogen-bond donors (Lipinski definition) is 1. The van der Waals surface area contributed by atoms with E-state index in [1.807, 2.05) is 24.3 Å². The predicted molar refractivity (Wildman–Crippen MR) is 80.3 cm³/mol. The lowest BCUT2D eigenvalue weighted by molar-refractivity contribution is 0.0820. The van der Waals surface area contributed by atoms with Gasteiger partial charge in [-0.25, -0.2) is 0 Å². The molecular weight excluding hydrogens is 248 g/mol. The molecule has 0 aromatic heterocycles. The van der Waals surface area contributed by atoms with Crippen LogP contribution in [0, 0.1) is 11.8 Å². The molecule has 1 aliphatic carbocycles. The third-order valence-electron chi connectivity index (χ3n) is 5.02. The Balaban J connectivity index is 1.59. The summed E-state index contributed by atoms with van der Waals surface area (Å²) in [4.78, 5) is 13.6. The van der Waals surface area contributed by atoms with Gasteiger partial charge in [-0.15, -0.1) is 0 Å². The van der Waals surface area contributed by atoms with E-state index in [1.54, 1.807) is 0 Å². The van der Waals surface area contributed by atoms with Gasteiger partial charge in [0, 0.05) is 18.7 Å². The molecule has 0 unspecified atom stereocenters. The Bertz CT molecular complexity index is 468. The van der Waals surface area contributed by atoms with E-state index in [4.69, 9.17) is 5.73 Å². The number of rotatable bonds is 3. The van der Waals surface area contributed by atoms with Crippen LogP contribution in [0.15, 0.2) is 24.3 Å². The van der Waals surface area contributed by atoms with E-state index in [9.17, 15) is 4.79 Å². The Morgan fingerprint density at radius 3 is 2.50 bits per heavy atom. The highest BCUT2D eigenvalue weighted by Gasteiger charge is 2.30. The molecular formula is C17H24N2O. The smallest absolute Gasteiger partial charge is 0.248 e. The molecule has 2 fully saturated rings. The first kappa shape index (κ1) is 13.6. The number of piperidine rings is 1. The molecule has 3 heteroatoms. The van der Waals surface area contributed by atoms with Crippen LogP contribution >= 0.6 is 0 Å². The zero-order chi connectivity index (χ0) is 13.9. The first-order valence-corrected chi connectivity index (χ1v) is 7.83. The average molecular weight is 272 g/mol. The van der Waals surface area contributed by atoms with Crippen molar-refractivity contribution in [1.82, 2.24) is 4.90 Å². The van der Waals surface area contributed by atoms with Crippen LogP contribution in [0.3, 0.4) is 0 Å². The second-order valence-electron chi connectivity index (χ2n) is 6.39. The molecule has 0 spiro atoms. The van der Waals surface area contributed by atoms with Crippen LogP contribution in [0.4, 0.5) is 0 Å². The van der Waals surface area contributed by atoms with Gasteiger partial charge in [-0.2, -0.15) is 0 Å². The van der Waals surface area contributed by atoms with E-state index in [1.165, 1.54) is 50.8 Å². The summed E-state index contributed by atoms with van der Waals surface area (Å²) < 4.78 is 0. The zero-order valence-corrected chi connectivity index (χ0v) is 12.1. The van der Waals surface area contributed by atoms with Crippen LogP contribution in [-0.4, -0.2) is 23.9 Å². The van der Waals surface area contributed by atoms with Gasteiger partial charge in [0.15, 0.2) is 0 Å². The fourth-order valence-corrected chi connectivity index (χ4v) is 3.85. The second-order valence-corrected chi connectivity index (χ2v) is 6.39. The quantitative estimate of drug-likeness (QED) is 0.919. The standard InChI is InChI=1S/C17H24N2O/c18-17(20)15-7-5-13(6-8-15)11-19-10-9-14-3-1-2-4-16(14)12-19/h5-8,14,16H,1-4,9-12H2,(H2,18,20)/t14-,16-/m1/s1. The normalized spacial score (nSPS) is 27.0. The maximum Gasteiger partial charge on any atom is 0.248 e. The minimum absolute atomic E-state index is 0.348. The molecule has 1 aromatic rings. The van der Waals surface area contributed by atoms with Crippen molar-refractivity contribution >= 4 is 5.91 Å². The van der Waals surface area contributed by atoms with Crippen molar-refractivity contribution in [2.24, 2.45) is 17.6 Å². The van der Waals surface area contributed by atoms with Crippen molar-refractivity contribution < 1.29 is 4.79 Å². The fraction of sp³-hybridized carbons (Fsp3) is 0.588. The molecule has 108 valence electrons. The molecule has 20 heavy (non-hydrogen) atoms. The lowest BCUT2D eigenvalue weighted by Crippen LogP contribution is -2.41. The third kappa shape index (κ3) is 3.04. The Labute approximate surface area is 121 Å². The molecule has 1 aliphatic heterocycles. The summed E-state index contributed by atoms with van der Waals surface area (Å²) in [6, 6.07) is 7.75. The summed E-state index contributed by atoms with van der Waals surface area (Å²) in [6.07, 6.45) is 7.09. The summed E-state index contributed by atoms with van der Waals surface area (Å²) in [7, 11) is 0. The summed E-state index contributed by atoms with van der Waals surface area (Å²) in [5, 5.41) is 0. The largest absolute Gasteiger partial charge is 0.366 e. The van der Waals surface area contributed by atoms with Crippen molar-refractivity contribution in [1.29, 1.82) is 0 Å². The van der Waals surface area contributed by atoms with Crippen molar-refractivity contribution in [3.05, 3.63) is 35.4 Å². The monoisotopic (exact) mass is 272 g/mol. The number of nitrogens with two attached hydrogens (primary N) is 1. The van der Waals surface area contributed by atoms with Crippen molar-refractivity contribution in [3.63, 3.8) is 0 Å². The van der Waals surface area contributed by atoms with Gasteiger partial charge >= 0.3 is 0 Å². The number of amides is 1. The summed E-state index contributed by atoms with van der Waals surface area (Å²) in [5.41, 5.74) is 7.15. The van der Waals surface area contributed by atoms with Crippen molar-refractivity contribution in [2.75, 3.05) is 13.1 Å². The van der Waals surface area contributed by atoms with E-state index < -0.39 is 0 Å². The van der Waals surface area contributed by atoms with Gasteiger partial charge in [0.1, 0.15) is 0 Å². The number of benzene rings is 1. The van der Waals surface area contributed by atoms with Gasteiger partial charge in [0.2, 0.25) is 5.91 Å². The first-order chi connectivity index (χ1) is 9.72. The Hall–Kier alpha value is -1.35. The number of carbonyl (C=O) groups is 1. The molecule has 0 bridgehead atoms. The van der Waals surface area contributed by atoms with Crippen LogP contribution in [0.2, 0.25) is 0 Å². The number of carbonyl (C=O) groups excluding carboxylic acids is 1. The minimum atomic E-state index is -0.348. The van der Waals surface area contributed by atoms with Crippen LogP contribution < -0.4 is 5.73 Å². The van der Waals surface area contributed by atoms with Gasteiger partial charge < -0.3 is 5.73 Å². The zero-order valence-electron chi connectivity index (χ0n) is 12.1. The van der Waals surface area contributed by atoms with E-state index in [0.717, 1.165) is 18.4 Å². The predicted octanol–water partition coefficient (Wildman–Crippen LogP) is 2.80. The Kier molecular flexibility index (Phi) is 4.06. The molecule has 0 radical (unpaired) electrons. The summed E-state index contributed by atoms with van der Waals surface area (Å²) in [6.45, 7) is 3.48. The van der Waals surface area contributed by atoms with Gasteiger partial charge in [-0.05, 0) is 48.9 Å². The minimum Gasteiger partial charge on any atom is -0.366 e. The van der Waals surface area contributed by atoms with E-state index in [0.29, 0.717) is 5.56 Å². The molecule has 1 saturated heterocycles. The fourth-order valence-electron chi connectivity index (χ4n) is 3.85. The van der Waals surface area contributed by atoms with Gasteiger partial charge in [-0.3, -0.25) is 9.69 Å². The molecule has 3 nitrogen and oxygen atoms in total. The molecule has 2 N–H and O–H groups in total. The molecule has 1 amide bonds. The number of hydrogen-bond acceptors (Lipinski definition) is 2. The number of fused-ring (bicyclic) bond motifs is 1. The average Bonchev–Trinajstić information content (AvgIpc) is 2.48.